The highest BCUT2D eigenvalue weighted by atomic mass is 32.2. The molecule has 0 radical (unpaired) electrons. The Morgan fingerprint density at radius 1 is 1.00 bits per heavy atom. The summed E-state index contributed by atoms with van der Waals surface area (Å²) in [6.07, 6.45) is 0.849. The molecule has 2 heteroatoms. The summed E-state index contributed by atoms with van der Waals surface area (Å²) < 4.78 is 12.4. The summed E-state index contributed by atoms with van der Waals surface area (Å²) in [6.45, 7) is 4.09. The van der Waals surface area contributed by atoms with Gasteiger partial charge in [-0.1, -0.05) is 55.0 Å². The third kappa shape index (κ3) is 3.30. The molecule has 18 heavy (non-hydrogen) atoms. The molecule has 2 unspecified atom stereocenters. The Hall–Kier alpha value is -1.41. The molecule has 0 spiro atoms. The fourth-order valence-electron chi connectivity index (χ4n) is 1.93. The van der Waals surface area contributed by atoms with E-state index >= 15 is 0 Å². The molecule has 0 heterocycles. The molecule has 0 aromatic heterocycles. The highest BCUT2D eigenvalue weighted by Crippen LogP contribution is 2.15. The van der Waals surface area contributed by atoms with E-state index in [2.05, 4.69) is 12.1 Å². The van der Waals surface area contributed by atoms with Crippen molar-refractivity contribution >= 4 is 10.8 Å². The number of benzene rings is 2. The van der Waals surface area contributed by atoms with Gasteiger partial charge < -0.3 is 0 Å². The third-order valence-corrected chi connectivity index (χ3v) is 4.62. The van der Waals surface area contributed by atoms with E-state index in [1.807, 2.05) is 56.3 Å². The van der Waals surface area contributed by atoms with Gasteiger partial charge in [-0.2, -0.15) is 0 Å². The second kappa shape index (κ2) is 5.96. The summed E-state index contributed by atoms with van der Waals surface area (Å²) in [5.41, 5.74) is 2.44. The molecule has 0 saturated carbocycles. The summed E-state index contributed by atoms with van der Waals surface area (Å²) in [5.74, 6) is 0. The molecule has 1 nitrogen and oxygen atoms in total. The molecular formula is C16H18OS. The van der Waals surface area contributed by atoms with Gasteiger partial charge in [0.25, 0.3) is 0 Å². The quantitative estimate of drug-likeness (QED) is 0.816. The molecule has 0 aliphatic heterocycles. The van der Waals surface area contributed by atoms with Crippen LogP contribution in [0.2, 0.25) is 0 Å². The van der Waals surface area contributed by atoms with Gasteiger partial charge in [-0.05, 0) is 31.0 Å². The van der Waals surface area contributed by atoms with Crippen molar-refractivity contribution in [2.24, 2.45) is 0 Å². The molecule has 0 N–H and O–H groups in total. The van der Waals surface area contributed by atoms with Gasteiger partial charge in [0.1, 0.15) is 0 Å². The maximum Gasteiger partial charge on any atom is 0.0561 e. The van der Waals surface area contributed by atoms with Crippen molar-refractivity contribution in [3.63, 3.8) is 0 Å². The Bertz CT molecular complexity index is 517. The van der Waals surface area contributed by atoms with Crippen LogP contribution in [-0.4, -0.2) is 9.46 Å². The fraction of sp³-hybridized carbons (Fsp3) is 0.250. The number of hydrogen-bond donors (Lipinski definition) is 0. The van der Waals surface area contributed by atoms with Gasteiger partial charge >= 0.3 is 0 Å². The summed E-state index contributed by atoms with van der Waals surface area (Å²) in [7, 11) is -0.937. The second-order valence-electron chi connectivity index (χ2n) is 4.61. The highest BCUT2D eigenvalue weighted by molar-refractivity contribution is 7.85. The summed E-state index contributed by atoms with van der Waals surface area (Å²) in [6, 6.07) is 18.2. The van der Waals surface area contributed by atoms with Crippen LogP contribution in [0.5, 0.6) is 0 Å². The van der Waals surface area contributed by atoms with Gasteiger partial charge in [0.15, 0.2) is 0 Å². The molecule has 2 aromatic rings. The van der Waals surface area contributed by atoms with Crippen molar-refractivity contribution in [1.82, 2.24) is 0 Å². The molecule has 2 rings (SSSR count). The van der Waals surface area contributed by atoms with E-state index in [4.69, 9.17) is 0 Å². The maximum atomic E-state index is 12.4. The standard InChI is InChI=1S/C16H18OS/c1-13-8-10-16(11-9-13)18(17)14(2)12-15-6-4-3-5-7-15/h3-11,14H,12H2,1-2H3. The molecule has 0 bridgehead atoms. The topological polar surface area (TPSA) is 17.1 Å². The van der Waals surface area contributed by atoms with Crippen molar-refractivity contribution < 1.29 is 4.21 Å². The minimum Gasteiger partial charge on any atom is -0.254 e. The molecule has 0 saturated heterocycles. The lowest BCUT2D eigenvalue weighted by Gasteiger charge is -2.11. The first-order chi connectivity index (χ1) is 8.66. The average Bonchev–Trinajstić information content (AvgIpc) is 2.40. The minimum atomic E-state index is -0.937. The lowest BCUT2D eigenvalue weighted by atomic mass is 10.1. The van der Waals surface area contributed by atoms with Gasteiger partial charge in [-0.15, -0.1) is 0 Å². The molecule has 2 aromatic carbocycles. The van der Waals surface area contributed by atoms with Crippen LogP contribution >= 0.6 is 0 Å². The first-order valence-electron chi connectivity index (χ1n) is 6.18. The fourth-order valence-corrected chi connectivity index (χ4v) is 3.14. The summed E-state index contributed by atoms with van der Waals surface area (Å²) in [4.78, 5) is 0.920. The Morgan fingerprint density at radius 3 is 2.22 bits per heavy atom. The lowest BCUT2D eigenvalue weighted by molar-refractivity contribution is 0.672. The monoisotopic (exact) mass is 258 g/mol. The molecule has 2 atom stereocenters. The van der Waals surface area contributed by atoms with Crippen molar-refractivity contribution in [2.75, 3.05) is 0 Å². The normalized spacial score (nSPS) is 14.1. The zero-order valence-electron chi connectivity index (χ0n) is 10.8. The SMILES string of the molecule is Cc1ccc(S(=O)C(C)Cc2ccccc2)cc1. The Morgan fingerprint density at radius 2 is 1.61 bits per heavy atom. The van der Waals surface area contributed by atoms with E-state index in [-0.39, 0.29) is 5.25 Å². The van der Waals surface area contributed by atoms with Gasteiger partial charge in [0.2, 0.25) is 0 Å². The van der Waals surface area contributed by atoms with Gasteiger partial charge in [-0.25, -0.2) is 0 Å². The van der Waals surface area contributed by atoms with Crippen molar-refractivity contribution in [2.45, 2.75) is 30.4 Å². The van der Waals surface area contributed by atoms with Gasteiger partial charge in [0, 0.05) is 10.1 Å². The molecule has 94 valence electrons. The summed E-state index contributed by atoms with van der Waals surface area (Å²) >= 11 is 0. The van der Waals surface area contributed by atoms with Crippen LogP contribution in [0.3, 0.4) is 0 Å². The Labute approximate surface area is 111 Å². The van der Waals surface area contributed by atoms with Crippen LogP contribution in [-0.2, 0) is 17.2 Å². The van der Waals surface area contributed by atoms with Crippen LogP contribution in [0.25, 0.3) is 0 Å². The molecule has 0 aliphatic carbocycles. The van der Waals surface area contributed by atoms with E-state index in [1.54, 1.807) is 0 Å². The van der Waals surface area contributed by atoms with Gasteiger partial charge in [-0.3, -0.25) is 4.21 Å². The minimum absolute atomic E-state index is 0.134. The van der Waals surface area contributed by atoms with E-state index in [9.17, 15) is 4.21 Å². The first-order valence-corrected chi connectivity index (χ1v) is 7.39. The largest absolute Gasteiger partial charge is 0.254 e. The van der Waals surface area contributed by atoms with E-state index in [0.29, 0.717) is 0 Å². The molecule has 0 aliphatic rings. The average molecular weight is 258 g/mol. The van der Waals surface area contributed by atoms with Crippen LogP contribution in [0.15, 0.2) is 59.5 Å². The van der Waals surface area contributed by atoms with Crippen molar-refractivity contribution in [3.8, 4) is 0 Å². The summed E-state index contributed by atoms with van der Waals surface area (Å²) in [5, 5.41) is 0.134. The molecule has 0 fully saturated rings. The number of hydrogen-bond acceptors (Lipinski definition) is 1. The third-order valence-electron chi connectivity index (χ3n) is 2.98. The van der Waals surface area contributed by atoms with Crippen LogP contribution in [0.1, 0.15) is 18.1 Å². The Balaban J connectivity index is 2.07. The van der Waals surface area contributed by atoms with Crippen LogP contribution in [0.4, 0.5) is 0 Å². The Kier molecular flexibility index (Phi) is 4.32. The first kappa shape index (κ1) is 13.0. The lowest BCUT2D eigenvalue weighted by Crippen LogP contribution is -2.14. The van der Waals surface area contributed by atoms with E-state index in [1.165, 1.54) is 11.1 Å². The van der Waals surface area contributed by atoms with Crippen molar-refractivity contribution in [1.29, 1.82) is 0 Å². The van der Waals surface area contributed by atoms with Crippen LogP contribution < -0.4 is 0 Å². The van der Waals surface area contributed by atoms with E-state index in [0.717, 1.165) is 11.3 Å². The number of rotatable bonds is 4. The second-order valence-corrected chi connectivity index (χ2v) is 6.48. The van der Waals surface area contributed by atoms with E-state index < -0.39 is 10.8 Å². The zero-order valence-corrected chi connectivity index (χ0v) is 11.6. The molecule has 0 amide bonds. The van der Waals surface area contributed by atoms with Crippen molar-refractivity contribution in [3.05, 3.63) is 65.7 Å². The molecular weight excluding hydrogens is 240 g/mol. The van der Waals surface area contributed by atoms with Gasteiger partial charge in [0.05, 0.1) is 10.8 Å². The predicted molar refractivity (Wildman–Crippen MR) is 77.2 cm³/mol. The highest BCUT2D eigenvalue weighted by Gasteiger charge is 2.13. The smallest absolute Gasteiger partial charge is 0.0561 e. The number of aryl methyl sites for hydroxylation is 1. The predicted octanol–water partition coefficient (Wildman–Crippen LogP) is 3.73. The maximum absolute atomic E-state index is 12.4. The van der Waals surface area contributed by atoms with Crippen LogP contribution in [0, 0.1) is 6.92 Å². The zero-order chi connectivity index (χ0) is 13.0.